The molecule has 4 aromatic rings. The van der Waals surface area contributed by atoms with Gasteiger partial charge in [-0.05, 0) is 72.4 Å². The maximum absolute atomic E-state index is 13.4. The van der Waals surface area contributed by atoms with E-state index in [9.17, 15) is 14.4 Å². The van der Waals surface area contributed by atoms with Crippen molar-refractivity contribution in [2.75, 3.05) is 16.0 Å². The first-order chi connectivity index (χ1) is 18.9. The van der Waals surface area contributed by atoms with Gasteiger partial charge in [-0.2, -0.15) is 0 Å². The largest absolute Gasteiger partial charge is 0.322 e. The normalized spacial score (nSPS) is 10.5. The van der Waals surface area contributed by atoms with Gasteiger partial charge in [0, 0.05) is 33.8 Å². The third-order valence-corrected chi connectivity index (χ3v) is 6.66. The number of rotatable bonds is 9. The molecule has 39 heavy (non-hydrogen) atoms. The number of aryl methyl sites for hydroxylation is 3. The summed E-state index contributed by atoms with van der Waals surface area (Å²) < 4.78 is 0. The van der Waals surface area contributed by atoms with Gasteiger partial charge in [0.1, 0.15) is 0 Å². The van der Waals surface area contributed by atoms with Gasteiger partial charge < -0.3 is 16.0 Å². The van der Waals surface area contributed by atoms with Gasteiger partial charge in [-0.25, -0.2) is 0 Å². The van der Waals surface area contributed by atoms with Gasteiger partial charge in [0.25, 0.3) is 17.7 Å². The smallest absolute Gasteiger partial charge is 0.255 e. The Morgan fingerprint density at radius 3 is 0.974 bits per heavy atom. The molecule has 4 rings (SSSR count). The molecule has 4 aromatic carbocycles. The Kier molecular flexibility index (Phi) is 8.90. The zero-order valence-corrected chi connectivity index (χ0v) is 22.5. The zero-order valence-electron chi connectivity index (χ0n) is 22.5. The third-order valence-electron chi connectivity index (χ3n) is 6.66. The molecule has 0 aliphatic heterocycles. The van der Waals surface area contributed by atoms with Crippen molar-refractivity contribution in [1.29, 1.82) is 0 Å². The highest BCUT2D eigenvalue weighted by atomic mass is 16.2. The second-order valence-electron chi connectivity index (χ2n) is 9.19. The molecule has 0 saturated carbocycles. The summed E-state index contributed by atoms with van der Waals surface area (Å²) in [7, 11) is 0. The summed E-state index contributed by atoms with van der Waals surface area (Å²) in [5.41, 5.74) is 5.70. The number of nitrogens with one attached hydrogen (secondary N) is 3. The predicted octanol–water partition coefficient (Wildman–Crippen LogP) is 7.13. The van der Waals surface area contributed by atoms with Crippen molar-refractivity contribution >= 4 is 34.8 Å². The number of carbonyl (C=O) groups excluding carboxylic acids is 3. The van der Waals surface area contributed by atoms with Crippen molar-refractivity contribution in [3.63, 3.8) is 0 Å². The molecular formula is C33H33N3O3. The third kappa shape index (κ3) is 6.60. The number of hydrogen-bond acceptors (Lipinski definition) is 3. The predicted molar refractivity (Wildman–Crippen MR) is 158 cm³/mol. The number of benzene rings is 4. The lowest BCUT2D eigenvalue weighted by molar-refractivity contribution is 0.102. The van der Waals surface area contributed by atoms with E-state index in [1.165, 1.54) is 18.2 Å². The Bertz CT molecular complexity index is 1320. The van der Waals surface area contributed by atoms with E-state index < -0.39 is 17.7 Å². The van der Waals surface area contributed by atoms with Crippen LogP contribution < -0.4 is 16.0 Å². The summed E-state index contributed by atoms with van der Waals surface area (Å²) in [5, 5.41) is 8.83. The molecule has 0 unspecified atom stereocenters. The SMILES string of the molecule is CCc1ccccc1NC(=O)c1cc(C(=O)Nc2ccccc2CC)cc(C(=O)Nc2ccccc2CC)c1. The highest BCUT2D eigenvalue weighted by molar-refractivity contribution is 6.13. The topological polar surface area (TPSA) is 87.3 Å². The van der Waals surface area contributed by atoms with Crippen LogP contribution in [0, 0.1) is 0 Å². The summed E-state index contributed by atoms with van der Waals surface area (Å²) in [6.45, 7) is 6.04. The summed E-state index contributed by atoms with van der Waals surface area (Å²) in [5.74, 6) is -1.20. The Balaban J connectivity index is 1.70. The van der Waals surface area contributed by atoms with Gasteiger partial charge in [0.05, 0.1) is 0 Å². The molecule has 0 aliphatic rings. The van der Waals surface area contributed by atoms with E-state index in [2.05, 4.69) is 16.0 Å². The number of anilines is 3. The number of para-hydroxylation sites is 3. The maximum atomic E-state index is 13.4. The molecule has 0 aromatic heterocycles. The fourth-order valence-electron chi connectivity index (χ4n) is 4.46. The molecule has 0 radical (unpaired) electrons. The van der Waals surface area contributed by atoms with E-state index in [1.54, 1.807) is 0 Å². The van der Waals surface area contributed by atoms with Crippen LogP contribution in [0.5, 0.6) is 0 Å². The van der Waals surface area contributed by atoms with Crippen molar-refractivity contribution in [3.05, 3.63) is 124 Å². The van der Waals surface area contributed by atoms with Gasteiger partial charge in [0.2, 0.25) is 0 Å². The summed E-state index contributed by atoms with van der Waals surface area (Å²) >= 11 is 0. The number of carbonyl (C=O) groups is 3. The first-order valence-electron chi connectivity index (χ1n) is 13.3. The minimum Gasteiger partial charge on any atom is -0.322 e. The quantitative estimate of drug-likeness (QED) is 0.220. The Hall–Kier alpha value is -4.71. The molecule has 6 nitrogen and oxygen atoms in total. The van der Waals surface area contributed by atoms with Gasteiger partial charge in [0.15, 0.2) is 0 Å². The minimum atomic E-state index is -0.400. The molecule has 3 N–H and O–H groups in total. The highest BCUT2D eigenvalue weighted by Crippen LogP contribution is 2.22. The molecule has 0 bridgehead atoms. The van der Waals surface area contributed by atoms with Crippen molar-refractivity contribution in [2.24, 2.45) is 0 Å². The molecule has 0 spiro atoms. The van der Waals surface area contributed by atoms with Crippen LogP contribution in [-0.2, 0) is 19.3 Å². The second kappa shape index (κ2) is 12.7. The van der Waals surface area contributed by atoms with Crippen molar-refractivity contribution in [2.45, 2.75) is 40.0 Å². The fraction of sp³-hybridized carbons (Fsp3) is 0.182. The molecule has 3 amide bonds. The first kappa shape index (κ1) is 27.3. The van der Waals surface area contributed by atoms with Gasteiger partial charge in [-0.3, -0.25) is 14.4 Å². The summed E-state index contributed by atoms with van der Waals surface area (Å²) in [6.07, 6.45) is 2.25. The average Bonchev–Trinajstić information content (AvgIpc) is 2.97. The first-order valence-corrected chi connectivity index (χ1v) is 13.3. The summed E-state index contributed by atoms with van der Waals surface area (Å²) in [4.78, 5) is 40.1. The Morgan fingerprint density at radius 1 is 0.462 bits per heavy atom. The average molecular weight is 520 g/mol. The Morgan fingerprint density at radius 2 is 0.718 bits per heavy atom. The molecule has 6 heteroatoms. The van der Waals surface area contributed by atoms with Gasteiger partial charge in [-0.15, -0.1) is 0 Å². The van der Waals surface area contributed by atoms with E-state index in [0.29, 0.717) is 17.1 Å². The highest BCUT2D eigenvalue weighted by Gasteiger charge is 2.19. The number of amides is 3. The lowest BCUT2D eigenvalue weighted by Crippen LogP contribution is -2.20. The van der Waals surface area contributed by atoms with Crippen LogP contribution in [0.3, 0.4) is 0 Å². The van der Waals surface area contributed by atoms with Crippen LogP contribution >= 0.6 is 0 Å². The second-order valence-corrected chi connectivity index (χ2v) is 9.19. The van der Waals surface area contributed by atoms with Crippen molar-refractivity contribution in [1.82, 2.24) is 0 Å². The van der Waals surface area contributed by atoms with E-state index >= 15 is 0 Å². The van der Waals surface area contributed by atoms with Crippen molar-refractivity contribution in [3.8, 4) is 0 Å². The fourth-order valence-corrected chi connectivity index (χ4v) is 4.46. The standard InChI is InChI=1S/C33H33N3O3/c1-4-22-13-7-10-16-28(22)34-31(37)25-19-26(32(38)35-29-17-11-8-14-23(29)5-2)21-27(20-25)33(39)36-30-18-12-9-15-24(30)6-3/h7-21H,4-6H2,1-3H3,(H,34,37)(H,35,38)(H,36,39). The molecule has 0 atom stereocenters. The molecule has 198 valence electrons. The monoisotopic (exact) mass is 519 g/mol. The van der Waals surface area contributed by atoms with Crippen LogP contribution in [0.4, 0.5) is 17.1 Å². The van der Waals surface area contributed by atoms with E-state index in [0.717, 1.165) is 36.0 Å². The van der Waals surface area contributed by atoms with Crippen LogP contribution in [-0.4, -0.2) is 17.7 Å². The Labute approximate surface area is 229 Å². The lowest BCUT2D eigenvalue weighted by Gasteiger charge is -2.14. The molecule has 0 saturated heterocycles. The summed E-state index contributed by atoms with van der Waals surface area (Å²) in [6, 6.07) is 27.3. The molecular weight excluding hydrogens is 486 g/mol. The minimum absolute atomic E-state index is 0.214. The van der Waals surface area contributed by atoms with Gasteiger partial charge in [-0.1, -0.05) is 75.4 Å². The van der Waals surface area contributed by atoms with Crippen LogP contribution in [0.25, 0.3) is 0 Å². The van der Waals surface area contributed by atoms with Crippen LogP contribution in [0.1, 0.15) is 68.5 Å². The van der Waals surface area contributed by atoms with E-state index in [4.69, 9.17) is 0 Å². The van der Waals surface area contributed by atoms with Crippen molar-refractivity contribution < 1.29 is 14.4 Å². The van der Waals surface area contributed by atoms with Gasteiger partial charge >= 0.3 is 0 Å². The molecule has 0 aliphatic carbocycles. The lowest BCUT2D eigenvalue weighted by atomic mass is 10.0. The molecule has 0 fully saturated rings. The zero-order chi connectivity index (χ0) is 27.8. The maximum Gasteiger partial charge on any atom is 0.255 e. The van der Waals surface area contributed by atoms with E-state index in [1.807, 2.05) is 93.6 Å². The van der Waals surface area contributed by atoms with Crippen LogP contribution in [0.2, 0.25) is 0 Å². The van der Waals surface area contributed by atoms with Crippen LogP contribution in [0.15, 0.2) is 91.0 Å². The molecule has 0 heterocycles. The van der Waals surface area contributed by atoms with E-state index in [-0.39, 0.29) is 16.7 Å². The number of hydrogen-bond donors (Lipinski definition) is 3.